The normalized spacial score (nSPS) is 17.7. The minimum Gasteiger partial charge on any atom is -0.462 e. The van der Waals surface area contributed by atoms with Gasteiger partial charge in [-0.15, -0.1) is 12.6 Å². The quantitative estimate of drug-likeness (QED) is 0.818. The Balaban J connectivity index is 2.10. The number of anilines is 1. The molecular formula is C19H19N3O2S. The standard InChI is InChI=1S/C19H19N3O2S/c1-11(2)13-5-7-14(8-6-13)22-17(16-9-4-12(3)24-16)21-18(23)15(10-20)19(22)25/h4-9,11,17,25H,1-3H3,(H,21,23). The van der Waals surface area contributed by atoms with E-state index in [2.05, 4.69) is 31.8 Å². The molecule has 1 aliphatic heterocycles. The second-order valence-corrected chi connectivity index (χ2v) is 6.67. The summed E-state index contributed by atoms with van der Waals surface area (Å²) in [5.41, 5.74) is 2.01. The van der Waals surface area contributed by atoms with Crippen molar-refractivity contribution in [3.63, 3.8) is 0 Å². The Hall–Kier alpha value is -2.65. The maximum atomic E-state index is 12.2. The van der Waals surface area contributed by atoms with Crippen molar-refractivity contribution in [2.45, 2.75) is 32.9 Å². The molecule has 3 rings (SSSR count). The zero-order chi connectivity index (χ0) is 18.1. The smallest absolute Gasteiger partial charge is 0.266 e. The van der Waals surface area contributed by atoms with Crippen molar-refractivity contribution in [3.8, 4) is 6.07 Å². The Morgan fingerprint density at radius 3 is 2.44 bits per heavy atom. The van der Waals surface area contributed by atoms with Gasteiger partial charge in [0.25, 0.3) is 5.91 Å². The summed E-state index contributed by atoms with van der Waals surface area (Å²) in [6, 6.07) is 13.6. The van der Waals surface area contributed by atoms with Gasteiger partial charge in [0.2, 0.25) is 0 Å². The molecule has 1 atom stereocenters. The number of furan rings is 1. The van der Waals surface area contributed by atoms with Crippen molar-refractivity contribution in [3.05, 3.63) is 64.1 Å². The van der Waals surface area contributed by atoms with Gasteiger partial charge >= 0.3 is 0 Å². The van der Waals surface area contributed by atoms with Crippen LogP contribution in [0.3, 0.4) is 0 Å². The van der Waals surface area contributed by atoms with E-state index in [0.717, 1.165) is 11.4 Å². The van der Waals surface area contributed by atoms with Crippen LogP contribution in [0.25, 0.3) is 0 Å². The molecule has 1 aromatic heterocycles. The van der Waals surface area contributed by atoms with Crippen LogP contribution in [0.5, 0.6) is 0 Å². The first-order chi connectivity index (χ1) is 11.9. The molecule has 0 fully saturated rings. The summed E-state index contributed by atoms with van der Waals surface area (Å²) in [6.07, 6.45) is -0.560. The number of nitriles is 1. The van der Waals surface area contributed by atoms with Gasteiger partial charge in [-0.2, -0.15) is 5.26 Å². The largest absolute Gasteiger partial charge is 0.462 e. The van der Waals surface area contributed by atoms with Gasteiger partial charge in [0, 0.05) is 5.69 Å². The maximum absolute atomic E-state index is 12.2. The number of carbonyl (C=O) groups excluding carboxylic acids is 1. The highest BCUT2D eigenvalue weighted by molar-refractivity contribution is 7.84. The number of amides is 1. The van der Waals surface area contributed by atoms with Crippen molar-refractivity contribution < 1.29 is 9.21 Å². The number of aryl methyl sites for hydroxylation is 1. The van der Waals surface area contributed by atoms with E-state index < -0.39 is 12.1 Å². The number of rotatable bonds is 3. The van der Waals surface area contributed by atoms with Gasteiger partial charge in [0.15, 0.2) is 6.17 Å². The van der Waals surface area contributed by atoms with Crippen molar-refractivity contribution in [2.75, 3.05) is 4.90 Å². The summed E-state index contributed by atoms with van der Waals surface area (Å²) in [5, 5.41) is 12.4. The second kappa shape index (κ2) is 6.69. The van der Waals surface area contributed by atoms with E-state index in [1.807, 2.05) is 49.4 Å². The average molecular weight is 353 g/mol. The SMILES string of the molecule is Cc1ccc(C2NC(=O)C(C#N)=C(S)N2c2ccc(C(C)C)cc2)o1. The molecule has 0 radical (unpaired) electrons. The summed E-state index contributed by atoms with van der Waals surface area (Å²) in [4.78, 5) is 14.0. The lowest BCUT2D eigenvalue weighted by Crippen LogP contribution is -2.45. The predicted octanol–water partition coefficient (Wildman–Crippen LogP) is 4.01. The number of carbonyl (C=O) groups is 1. The number of benzene rings is 1. The Morgan fingerprint density at radius 1 is 1.24 bits per heavy atom. The highest BCUT2D eigenvalue weighted by Crippen LogP contribution is 2.36. The molecule has 2 heterocycles. The number of nitrogens with zero attached hydrogens (tertiary/aromatic N) is 2. The third-order valence-corrected chi connectivity index (χ3v) is 4.62. The first-order valence-electron chi connectivity index (χ1n) is 8.02. The Labute approximate surface area is 152 Å². The van der Waals surface area contributed by atoms with E-state index in [4.69, 9.17) is 4.42 Å². The first kappa shape index (κ1) is 17.2. The summed E-state index contributed by atoms with van der Waals surface area (Å²) < 4.78 is 5.71. The molecule has 0 bridgehead atoms. The van der Waals surface area contributed by atoms with Gasteiger partial charge in [-0.1, -0.05) is 26.0 Å². The minimum atomic E-state index is -0.560. The van der Waals surface area contributed by atoms with Crippen LogP contribution < -0.4 is 10.2 Å². The molecule has 1 unspecified atom stereocenters. The molecule has 0 spiro atoms. The Bertz CT molecular complexity index is 875. The van der Waals surface area contributed by atoms with Crippen molar-refractivity contribution in [1.82, 2.24) is 5.32 Å². The third kappa shape index (κ3) is 3.15. The minimum absolute atomic E-state index is 0.0178. The van der Waals surface area contributed by atoms with Crippen LogP contribution in [0.15, 0.2) is 51.4 Å². The molecule has 1 amide bonds. The highest BCUT2D eigenvalue weighted by atomic mass is 32.1. The van der Waals surface area contributed by atoms with Crippen LogP contribution in [-0.4, -0.2) is 5.91 Å². The molecule has 5 nitrogen and oxygen atoms in total. The topological polar surface area (TPSA) is 69.3 Å². The van der Waals surface area contributed by atoms with E-state index in [-0.39, 0.29) is 5.57 Å². The molecule has 0 saturated carbocycles. The Kier molecular flexibility index (Phi) is 4.60. The molecule has 1 N–H and O–H groups in total. The van der Waals surface area contributed by atoms with Gasteiger partial charge < -0.3 is 14.6 Å². The summed E-state index contributed by atoms with van der Waals surface area (Å²) in [5.74, 6) is 1.29. The lowest BCUT2D eigenvalue weighted by Gasteiger charge is -2.36. The number of thiol groups is 1. The molecule has 0 aliphatic carbocycles. The lowest BCUT2D eigenvalue weighted by atomic mass is 10.0. The van der Waals surface area contributed by atoms with Crippen LogP contribution in [0.2, 0.25) is 0 Å². The molecule has 2 aromatic rings. The summed E-state index contributed by atoms with van der Waals surface area (Å²) in [6.45, 7) is 6.10. The van der Waals surface area contributed by atoms with Crippen LogP contribution in [0.4, 0.5) is 5.69 Å². The van der Waals surface area contributed by atoms with Gasteiger partial charge in [0.05, 0.1) is 5.03 Å². The zero-order valence-electron chi connectivity index (χ0n) is 14.3. The van der Waals surface area contributed by atoms with Crippen LogP contribution >= 0.6 is 12.6 Å². The molecular weight excluding hydrogens is 334 g/mol. The van der Waals surface area contributed by atoms with Gasteiger partial charge in [-0.3, -0.25) is 4.79 Å². The maximum Gasteiger partial charge on any atom is 0.266 e. The summed E-state index contributed by atoms with van der Waals surface area (Å²) in [7, 11) is 0. The van der Waals surface area contributed by atoms with Crippen molar-refractivity contribution in [1.29, 1.82) is 5.26 Å². The number of nitrogens with one attached hydrogen (secondary N) is 1. The highest BCUT2D eigenvalue weighted by Gasteiger charge is 2.35. The van der Waals surface area contributed by atoms with Crippen LogP contribution in [0.1, 0.15) is 43.0 Å². The van der Waals surface area contributed by atoms with Gasteiger partial charge in [-0.05, 0) is 42.7 Å². The monoisotopic (exact) mass is 353 g/mol. The first-order valence-corrected chi connectivity index (χ1v) is 8.46. The molecule has 128 valence electrons. The molecule has 1 aliphatic rings. The molecule has 0 saturated heterocycles. The van der Waals surface area contributed by atoms with E-state index >= 15 is 0 Å². The second-order valence-electron chi connectivity index (χ2n) is 6.25. The fraction of sp³-hybridized carbons (Fsp3) is 0.263. The third-order valence-electron chi connectivity index (χ3n) is 4.19. The Morgan fingerprint density at radius 2 is 1.92 bits per heavy atom. The molecule has 6 heteroatoms. The van der Waals surface area contributed by atoms with Crippen molar-refractivity contribution in [2.24, 2.45) is 0 Å². The predicted molar refractivity (Wildman–Crippen MR) is 99.0 cm³/mol. The van der Waals surface area contributed by atoms with E-state index in [0.29, 0.717) is 16.7 Å². The lowest BCUT2D eigenvalue weighted by molar-refractivity contribution is -0.118. The number of hydrogen-bond acceptors (Lipinski definition) is 5. The van der Waals surface area contributed by atoms with E-state index in [1.54, 1.807) is 4.90 Å². The fourth-order valence-corrected chi connectivity index (χ4v) is 3.18. The zero-order valence-corrected chi connectivity index (χ0v) is 15.2. The average Bonchev–Trinajstić information content (AvgIpc) is 3.01. The van der Waals surface area contributed by atoms with E-state index in [9.17, 15) is 10.1 Å². The van der Waals surface area contributed by atoms with Crippen LogP contribution in [-0.2, 0) is 4.79 Å². The summed E-state index contributed by atoms with van der Waals surface area (Å²) >= 11 is 4.47. The van der Waals surface area contributed by atoms with E-state index in [1.165, 1.54) is 5.56 Å². The van der Waals surface area contributed by atoms with Crippen LogP contribution in [0, 0.1) is 18.3 Å². The molecule has 25 heavy (non-hydrogen) atoms. The fourth-order valence-electron chi connectivity index (χ4n) is 2.80. The number of hydrogen-bond donors (Lipinski definition) is 2. The van der Waals surface area contributed by atoms with Gasteiger partial charge in [0.1, 0.15) is 23.2 Å². The van der Waals surface area contributed by atoms with Crippen molar-refractivity contribution >= 4 is 24.2 Å². The molecule has 1 aromatic carbocycles. The van der Waals surface area contributed by atoms with Gasteiger partial charge in [-0.25, -0.2) is 0 Å².